The molecule has 1 aromatic rings. The van der Waals surface area contributed by atoms with Gasteiger partial charge in [0.25, 0.3) is 5.91 Å². The van der Waals surface area contributed by atoms with E-state index in [1.54, 1.807) is 6.92 Å². The second-order valence-corrected chi connectivity index (χ2v) is 6.32. The van der Waals surface area contributed by atoms with Gasteiger partial charge in [0.2, 0.25) is 5.91 Å². The molecule has 1 atom stereocenters. The molecule has 1 aliphatic rings. The predicted molar refractivity (Wildman–Crippen MR) is 87.6 cm³/mol. The van der Waals surface area contributed by atoms with Crippen LogP contribution < -0.4 is 10.1 Å². The van der Waals surface area contributed by atoms with E-state index in [1.165, 1.54) is 18.2 Å². The number of carbonyl (C=O) groups is 2. The first-order valence-corrected chi connectivity index (χ1v) is 8.44. The van der Waals surface area contributed by atoms with Gasteiger partial charge in [0.1, 0.15) is 11.6 Å². The van der Waals surface area contributed by atoms with Crippen LogP contribution in [0.1, 0.15) is 26.2 Å². The summed E-state index contributed by atoms with van der Waals surface area (Å²) in [6.45, 7) is 3.51. The number of amides is 2. The molecule has 1 fully saturated rings. The lowest BCUT2D eigenvalue weighted by Gasteiger charge is -2.17. The molecule has 1 unspecified atom stereocenters. The Morgan fingerprint density at radius 2 is 2.09 bits per heavy atom. The van der Waals surface area contributed by atoms with Crippen molar-refractivity contribution in [3.63, 3.8) is 0 Å². The van der Waals surface area contributed by atoms with E-state index in [-0.39, 0.29) is 24.2 Å². The van der Waals surface area contributed by atoms with Gasteiger partial charge in [0.05, 0.1) is 4.47 Å². The van der Waals surface area contributed by atoms with E-state index in [2.05, 4.69) is 21.2 Å². The molecule has 0 bridgehead atoms. The number of nitrogens with one attached hydrogen (secondary N) is 1. The van der Waals surface area contributed by atoms with Crippen LogP contribution in [-0.4, -0.2) is 42.5 Å². The summed E-state index contributed by atoms with van der Waals surface area (Å²) < 4.78 is 19.0. The molecular formula is C16H20BrFN2O3. The van der Waals surface area contributed by atoms with E-state index in [0.717, 1.165) is 25.9 Å². The summed E-state index contributed by atoms with van der Waals surface area (Å²) in [4.78, 5) is 25.7. The molecule has 0 saturated carbocycles. The first-order chi connectivity index (χ1) is 11.0. The van der Waals surface area contributed by atoms with E-state index in [9.17, 15) is 14.0 Å². The highest BCUT2D eigenvalue weighted by Crippen LogP contribution is 2.26. The third-order valence-electron chi connectivity index (χ3n) is 3.66. The van der Waals surface area contributed by atoms with Gasteiger partial charge in [-0.25, -0.2) is 4.39 Å². The van der Waals surface area contributed by atoms with Crippen LogP contribution in [0.15, 0.2) is 22.7 Å². The largest absolute Gasteiger partial charge is 0.480 e. The van der Waals surface area contributed by atoms with Crippen molar-refractivity contribution in [2.45, 2.75) is 32.3 Å². The second-order valence-electron chi connectivity index (χ2n) is 5.46. The molecule has 5 nitrogen and oxygen atoms in total. The van der Waals surface area contributed by atoms with E-state index in [1.807, 2.05) is 4.90 Å². The predicted octanol–water partition coefficient (Wildman–Crippen LogP) is 2.48. The lowest BCUT2D eigenvalue weighted by Crippen LogP contribution is -2.39. The molecule has 0 aliphatic carbocycles. The summed E-state index contributed by atoms with van der Waals surface area (Å²) in [6, 6.07) is 3.99. The number of halogens is 2. The van der Waals surface area contributed by atoms with Gasteiger partial charge >= 0.3 is 0 Å². The Kier molecular flexibility index (Phi) is 6.38. The maximum Gasteiger partial charge on any atom is 0.260 e. The molecule has 126 valence electrons. The number of rotatable bonds is 6. The minimum absolute atomic E-state index is 0.0673. The van der Waals surface area contributed by atoms with Gasteiger partial charge in [-0.3, -0.25) is 9.59 Å². The molecule has 1 saturated heterocycles. The molecule has 1 N–H and O–H groups in total. The van der Waals surface area contributed by atoms with E-state index >= 15 is 0 Å². The van der Waals surface area contributed by atoms with E-state index < -0.39 is 6.10 Å². The molecule has 1 aliphatic heterocycles. The van der Waals surface area contributed by atoms with Gasteiger partial charge < -0.3 is 15.0 Å². The Bertz CT molecular complexity index is 576. The van der Waals surface area contributed by atoms with Gasteiger partial charge in [-0.2, -0.15) is 0 Å². The van der Waals surface area contributed by atoms with E-state index in [4.69, 9.17) is 4.74 Å². The fraction of sp³-hybridized carbons (Fsp3) is 0.500. The number of ether oxygens (including phenoxy) is 1. The van der Waals surface area contributed by atoms with Crippen molar-refractivity contribution < 1.29 is 18.7 Å². The normalized spacial score (nSPS) is 15.3. The van der Waals surface area contributed by atoms with Crippen molar-refractivity contribution >= 4 is 27.7 Å². The maximum atomic E-state index is 13.0. The number of likely N-dealkylation sites (tertiary alicyclic amines) is 1. The number of hydrogen-bond donors (Lipinski definition) is 1. The summed E-state index contributed by atoms with van der Waals surface area (Å²) in [7, 11) is 0. The van der Waals surface area contributed by atoms with Crippen molar-refractivity contribution in [3.05, 3.63) is 28.5 Å². The van der Waals surface area contributed by atoms with Gasteiger partial charge in [0, 0.05) is 26.1 Å². The van der Waals surface area contributed by atoms with Crippen molar-refractivity contribution in [1.82, 2.24) is 10.2 Å². The number of nitrogens with zero attached hydrogens (tertiary/aromatic N) is 1. The fourth-order valence-electron chi connectivity index (χ4n) is 2.38. The average molecular weight is 387 g/mol. The zero-order valence-corrected chi connectivity index (χ0v) is 14.6. The molecule has 23 heavy (non-hydrogen) atoms. The average Bonchev–Trinajstić information content (AvgIpc) is 3.04. The van der Waals surface area contributed by atoms with Crippen LogP contribution in [0.2, 0.25) is 0 Å². The number of carbonyl (C=O) groups excluding carboxylic acids is 2. The molecule has 0 spiro atoms. The van der Waals surface area contributed by atoms with Crippen molar-refractivity contribution in [2.24, 2.45) is 0 Å². The van der Waals surface area contributed by atoms with Gasteiger partial charge in [0.15, 0.2) is 6.10 Å². The molecular weight excluding hydrogens is 367 g/mol. The second kappa shape index (κ2) is 8.29. The topological polar surface area (TPSA) is 58.6 Å². The zero-order chi connectivity index (χ0) is 16.8. The van der Waals surface area contributed by atoms with Crippen molar-refractivity contribution in [3.8, 4) is 5.75 Å². The minimum Gasteiger partial charge on any atom is -0.480 e. The third-order valence-corrected chi connectivity index (χ3v) is 4.28. The van der Waals surface area contributed by atoms with Crippen LogP contribution in [0.5, 0.6) is 5.75 Å². The molecule has 1 heterocycles. The highest BCUT2D eigenvalue weighted by Gasteiger charge is 2.19. The lowest BCUT2D eigenvalue weighted by molar-refractivity contribution is -0.130. The molecule has 2 amide bonds. The number of benzene rings is 1. The zero-order valence-electron chi connectivity index (χ0n) is 13.0. The van der Waals surface area contributed by atoms with Gasteiger partial charge in [-0.1, -0.05) is 0 Å². The van der Waals surface area contributed by atoms with Gasteiger partial charge in [-0.05, 0) is 53.9 Å². The molecule has 2 rings (SSSR count). The number of hydrogen-bond acceptors (Lipinski definition) is 3. The van der Waals surface area contributed by atoms with Crippen molar-refractivity contribution in [2.75, 3.05) is 19.6 Å². The quantitative estimate of drug-likeness (QED) is 0.816. The Balaban J connectivity index is 1.75. The Morgan fingerprint density at radius 3 is 2.74 bits per heavy atom. The fourth-order valence-corrected chi connectivity index (χ4v) is 2.82. The lowest BCUT2D eigenvalue weighted by atomic mass is 10.3. The Labute approximate surface area is 143 Å². The van der Waals surface area contributed by atoms with Crippen LogP contribution in [0.4, 0.5) is 4.39 Å². The van der Waals surface area contributed by atoms with Crippen LogP contribution in [0, 0.1) is 5.82 Å². The SMILES string of the molecule is CC(Oc1ccc(F)cc1Br)C(=O)NCCC(=O)N1CCCC1. The smallest absolute Gasteiger partial charge is 0.260 e. The molecule has 0 radical (unpaired) electrons. The van der Waals surface area contributed by atoms with E-state index in [0.29, 0.717) is 16.6 Å². The van der Waals surface area contributed by atoms with Crippen molar-refractivity contribution in [1.29, 1.82) is 0 Å². The Hall–Kier alpha value is -1.63. The summed E-state index contributed by atoms with van der Waals surface area (Å²) in [5.74, 6) is -0.239. The standard InChI is InChI=1S/C16H20BrFN2O3/c1-11(23-14-5-4-12(18)10-13(14)17)16(22)19-7-6-15(21)20-8-2-3-9-20/h4-5,10-11H,2-3,6-9H2,1H3,(H,19,22). The van der Waals surface area contributed by atoms with Crippen LogP contribution in [0.3, 0.4) is 0 Å². The molecule has 7 heteroatoms. The van der Waals surface area contributed by atoms with Gasteiger partial charge in [-0.15, -0.1) is 0 Å². The van der Waals surface area contributed by atoms with Crippen LogP contribution >= 0.6 is 15.9 Å². The third kappa shape index (κ3) is 5.20. The molecule has 0 aromatic heterocycles. The first kappa shape index (κ1) is 17.7. The minimum atomic E-state index is -0.737. The monoisotopic (exact) mass is 386 g/mol. The molecule has 1 aromatic carbocycles. The highest BCUT2D eigenvalue weighted by molar-refractivity contribution is 9.10. The van der Waals surface area contributed by atoms with Crippen LogP contribution in [-0.2, 0) is 9.59 Å². The highest BCUT2D eigenvalue weighted by atomic mass is 79.9. The first-order valence-electron chi connectivity index (χ1n) is 7.64. The maximum absolute atomic E-state index is 13.0. The summed E-state index contributed by atoms with van der Waals surface area (Å²) >= 11 is 3.19. The van der Waals surface area contributed by atoms with Crippen LogP contribution in [0.25, 0.3) is 0 Å². The summed E-state index contributed by atoms with van der Waals surface area (Å²) in [6.07, 6.45) is 1.66. The Morgan fingerprint density at radius 1 is 1.39 bits per heavy atom. The summed E-state index contributed by atoms with van der Waals surface area (Å²) in [5, 5.41) is 2.69. The summed E-state index contributed by atoms with van der Waals surface area (Å²) in [5.41, 5.74) is 0.